The Morgan fingerprint density at radius 2 is 0.200 bits per heavy atom. The summed E-state index contributed by atoms with van der Waals surface area (Å²) < 4.78 is 190. The molecule has 0 aromatic rings. The van der Waals surface area contributed by atoms with Crippen molar-refractivity contribution in [2.75, 3.05) is 0 Å². The molecule has 0 aliphatic heterocycles. The maximum Gasteiger partial charge on any atom is 0.394 e. The first-order chi connectivity index (χ1) is 12.0. The predicted molar refractivity (Wildman–Crippen MR) is 85.1 cm³/mol. The van der Waals surface area contributed by atoms with Crippen LogP contribution in [0.25, 0.3) is 0 Å². The quantitative estimate of drug-likeness (QED) is 0.120. The summed E-state index contributed by atoms with van der Waals surface area (Å²) in [5, 5.41) is 0. The van der Waals surface area contributed by atoms with Crippen molar-refractivity contribution in [3.8, 4) is 0 Å². The van der Waals surface area contributed by atoms with Crippen molar-refractivity contribution in [2.24, 2.45) is 0 Å². The maximum atomic E-state index is 8.74. The molecule has 30 heteroatoms. The van der Waals surface area contributed by atoms with Gasteiger partial charge in [0.2, 0.25) is 0 Å². The molecule has 0 bridgehead atoms. The Kier molecular flexibility index (Phi) is 24.2. The van der Waals surface area contributed by atoms with Crippen molar-refractivity contribution in [3.63, 3.8) is 0 Å². The van der Waals surface area contributed by atoms with E-state index in [1.807, 2.05) is 0 Å². The maximum absolute atomic E-state index is 8.74. The molecule has 12 N–H and O–H groups in total. The van der Waals surface area contributed by atoms with E-state index in [1.54, 1.807) is 0 Å². The standard InChI is InChI=1S/6H2O4S/c6*1-5(2,3)4/h6*(H2,1,2,3,4). The van der Waals surface area contributed by atoms with Gasteiger partial charge >= 0.3 is 62.4 Å². The Bertz CT molecular complexity index is 754. The molecule has 192 valence electrons. The zero-order chi connectivity index (χ0) is 27.0. The van der Waals surface area contributed by atoms with Gasteiger partial charge in [0.25, 0.3) is 0 Å². The topological polar surface area (TPSA) is 448 Å². The van der Waals surface area contributed by atoms with Gasteiger partial charge in [0.15, 0.2) is 0 Å². The summed E-state index contributed by atoms with van der Waals surface area (Å²) in [6.07, 6.45) is 0. The van der Waals surface area contributed by atoms with Gasteiger partial charge in [0.05, 0.1) is 0 Å². The van der Waals surface area contributed by atoms with Crippen LogP contribution >= 0.6 is 0 Å². The first kappa shape index (κ1) is 43.2. The lowest BCUT2D eigenvalue weighted by Crippen LogP contribution is -1.89. The fourth-order valence-electron chi connectivity index (χ4n) is 0. The van der Waals surface area contributed by atoms with Gasteiger partial charge in [-0.1, -0.05) is 0 Å². The second-order valence-electron chi connectivity index (χ2n) is 2.69. The third-order valence-electron chi connectivity index (χ3n) is 0. The smallest absolute Gasteiger partial charge is 0.264 e. The molecule has 0 fully saturated rings. The Labute approximate surface area is 167 Å². The van der Waals surface area contributed by atoms with E-state index in [0.717, 1.165) is 0 Å². The van der Waals surface area contributed by atoms with Gasteiger partial charge < -0.3 is 0 Å². The molecule has 0 heterocycles. The molecule has 0 aromatic heterocycles. The second kappa shape index (κ2) is 16.9. The lowest BCUT2D eigenvalue weighted by Gasteiger charge is -1.68. The number of hydrogen-bond acceptors (Lipinski definition) is 12. The summed E-state index contributed by atoms with van der Waals surface area (Å²) in [5.41, 5.74) is 0. The largest absolute Gasteiger partial charge is 0.394 e. The van der Waals surface area contributed by atoms with Crippen LogP contribution in [0.1, 0.15) is 0 Å². The van der Waals surface area contributed by atoms with Crippen LogP contribution in [0.2, 0.25) is 0 Å². The summed E-state index contributed by atoms with van der Waals surface area (Å²) in [7, 11) is -28.0. The highest BCUT2D eigenvalue weighted by Gasteiger charge is 1.86. The number of rotatable bonds is 0. The van der Waals surface area contributed by atoms with Crippen LogP contribution < -0.4 is 0 Å². The minimum Gasteiger partial charge on any atom is -0.264 e. The van der Waals surface area contributed by atoms with Crippen LogP contribution in [0.3, 0.4) is 0 Å². The van der Waals surface area contributed by atoms with E-state index in [9.17, 15) is 0 Å². The monoisotopic (exact) mass is 588 g/mol. The van der Waals surface area contributed by atoms with Crippen molar-refractivity contribution in [2.45, 2.75) is 0 Å². The third-order valence-corrected chi connectivity index (χ3v) is 0. The molecule has 0 aliphatic rings. The summed E-state index contributed by atoms with van der Waals surface area (Å²) >= 11 is 0. The average molecular weight is 588 g/mol. The lowest BCUT2D eigenvalue weighted by molar-refractivity contribution is 0.378. The van der Waals surface area contributed by atoms with Gasteiger partial charge in [0, 0.05) is 0 Å². The highest BCUT2D eigenvalue weighted by Crippen LogP contribution is 1.61. The van der Waals surface area contributed by atoms with Crippen LogP contribution in [0.15, 0.2) is 0 Å². The van der Waals surface area contributed by atoms with Gasteiger partial charge in [-0.3, -0.25) is 54.6 Å². The van der Waals surface area contributed by atoms with Crippen LogP contribution in [0.5, 0.6) is 0 Å². The number of hydrogen-bond donors (Lipinski definition) is 12. The summed E-state index contributed by atoms with van der Waals surface area (Å²) in [6.45, 7) is 0. The first-order valence-corrected chi connectivity index (χ1v) is 12.6. The zero-order valence-electron chi connectivity index (χ0n) is 12.7. The Morgan fingerprint density at radius 3 is 0.200 bits per heavy atom. The molecule has 0 radical (unpaired) electrons. The third kappa shape index (κ3) is 30800. The summed E-state index contributed by atoms with van der Waals surface area (Å²) in [6, 6.07) is 0. The second-order valence-corrected chi connectivity index (χ2v) is 8.06. The zero-order valence-corrected chi connectivity index (χ0v) is 17.6. The minimum atomic E-state index is -4.67. The van der Waals surface area contributed by atoms with E-state index in [0.29, 0.717) is 0 Å². The Hall–Kier alpha value is -0.780. The van der Waals surface area contributed by atoms with Crippen molar-refractivity contribution < 1.29 is 105 Å². The molecule has 0 saturated carbocycles. The molecule has 0 saturated heterocycles. The molecule has 24 nitrogen and oxygen atoms in total. The first-order valence-electron chi connectivity index (χ1n) is 4.19. The summed E-state index contributed by atoms with van der Waals surface area (Å²) in [5.74, 6) is 0. The molecule has 0 aliphatic carbocycles. The summed E-state index contributed by atoms with van der Waals surface area (Å²) in [4.78, 5) is 0. The lowest BCUT2D eigenvalue weighted by atomic mass is 15.8. The van der Waals surface area contributed by atoms with Gasteiger partial charge in [-0.2, -0.15) is 50.5 Å². The molecular formula is H12O24S6. The van der Waals surface area contributed by atoms with Crippen LogP contribution in [-0.2, 0) is 62.4 Å². The Morgan fingerprint density at radius 1 is 0.200 bits per heavy atom. The van der Waals surface area contributed by atoms with E-state index in [2.05, 4.69) is 0 Å². The average Bonchev–Trinajstić information content (AvgIpc) is 1.94. The molecular weight excluding hydrogens is 576 g/mol. The Balaban J connectivity index is -0.0000000576. The van der Waals surface area contributed by atoms with E-state index in [1.165, 1.54) is 0 Å². The molecule has 0 aromatic carbocycles. The fraction of sp³-hybridized carbons (Fsp3) is 0. The molecule has 0 unspecified atom stereocenters. The van der Waals surface area contributed by atoms with Crippen molar-refractivity contribution in [3.05, 3.63) is 0 Å². The van der Waals surface area contributed by atoms with Crippen LogP contribution in [-0.4, -0.2) is 105 Å². The fourth-order valence-corrected chi connectivity index (χ4v) is 0. The van der Waals surface area contributed by atoms with E-state index >= 15 is 0 Å². The van der Waals surface area contributed by atoms with Crippen LogP contribution in [0, 0.1) is 0 Å². The predicted octanol–water partition coefficient (Wildman–Crippen LogP) is -3.92. The van der Waals surface area contributed by atoms with Crippen molar-refractivity contribution in [1.82, 2.24) is 0 Å². The molecule has 0 spiro atoms. The normalized spacial score (nSPS) is 11.6. The minimum absolute atomic E-state index is 4.67. The molecule has 0 amide bonds. The molecule has 0 rings (SSSR count). The van der Waals surface area contributed by atoms with E-state index < -0.39 is 62.4 Å². The van der Waals surface area contributed by atoms with Crippen LogP contribution in [0.4, 0.5) is 0 Å². The van der Waals surface area contributed by atoms with Crippen molar-refractivity contribution in [1.29, 1.82) is 0 Å². The van der Waals surface area contributed by atoms with E-state index in [-0.39, 0.29) is 0 Å². The SMILES string of the molecule is O=S(=O)(O)O.O=S(=O)(O)O.O=S(=O)(O)O.O=S(=O)(O)O.O=S(=O)(O)O.O=S(=O)(O)O. The molecule has 0 atom stereocenters. The van der Waals surface area contributed by atoms with Gasteiger partial charge in [-0.25, -0.2) is 0 Å². The highest BCUT2D eigenvalue weighted by molar-refractivity contribution is 7.81. The van der Waals surface area contributed by atoms with Gasteiger partial charge in [-0.05, 0) is 0 Å². The van der Waals surface area contributed by atoms with Gasteiger partial charge in [-0.15, -0.1) is 0 Å². The van der Waals surface area contributed by atoms with Crippen molar-refractivity contribution >= 4 is 62.4 Å². The van der Waals surface area contributed by atoms with Gasteiger partial charge in [0.1, 0.15) is 0 Å². The molecule has 30 heavy (non-hydrogen) atoms. The van der Waals surface area contributed by atoms with E-state index in [4.69, 9.17) is 105 Å². The highest BCUT2D eigenvalue weighted by atomic mass is 32.3.